The number of halogens is 3. The van der Waals surface area contributed by atoms with Gasteiger partial charge in [0.05, 0.1) is 0 Å². The van der Waals surface area contributed by atoms with Gasteiger partial charge in [-0.05, 0) is 31.5 Å². The number of hydrogen-bond donors (Lipinski definition) is 0. The van der Waals surface area contributed by atoms with E-state index in [1.54, 1.807) is 0 Å². The molecule has 0 aliphatic carbocycles. The van der Waals surface area contributed by atoms with Gasteiger partial charge in [0.15, 0.2) is 0 Å². The summed E-state index contributed by atoms with van der Waals surface area (Å²) in [6.07, 6.45) is 0. The zero-order chi connectivity index (χ0) is 14.8. The van der Waals surface area contributed by atoms with Crippen LogP contribution in [-0.2, 0) is 6.61 Å². The van der Waals surface area contributed by atoms with E-state index in [0.717, 1.165) is 17.2 Å². The van der Waals surface area contributed by atoms with Gasteiger partial charge < -0.3 is 17.7 Å². The van der Waals surface area contributed by atoms with Crippen molar-refractivity contribution >= 4 is 12.4 Å². The van der Waals surface area contributed by atoms with Crippen LogP contribution in [0, 0.1) is 13.8 Å². The topological polar surface area (TPSA) is 9.23 Å². The number of ether oxygens (including phenoxy) is 1. The SMILES string of the molecule is Cc1cccc(COc2ccc([B-](F)(F)F)c(C)c2)c1.[K+]. The van der Waals surface area contributed by atoms with Gasteiger partial charge in [-0.25, -0.2) is 0 Å². The Bertz CT molecular complexity index is 614. The predicted molar refractivity (Wildman–Crippen MR) is 75.4 cm³/mol. The molecule has 0 bridgehead atoms. The fraction of sp³-hybridized carbons (Fsp3) is 0.200. The molecule has 0 N–H and O–H groups in total. The molecule has 106 valence electrons. The number of aryl methyl sites for hydroxylation is 2. The van der Waals surface area contributed by atoms with E-state index >= 15 is 0 Å². The van der Waals surface area contributed by atoms with Crippen molar-refractivity contribution in [1.82, 2.24) is 0 Å². The minimum Gasteiger partial charge on any atom is -0.489 e. The molecule has 2 rings (SSSR count). The summed E-state index contributed by atoms with van der Waals surface area (Å²) < 4.78 is 43.6. The standard InChI is InChI=1S/C15H15BF3O.K/c1-11-4-3-5-13(8-11)10-20-14-6-7-15(12(2)9-14)16(17,18)19;/h3-9H,10H2,1-2H3;/q-1;+1. The molecule has 2 aromatic rings. The monoisotopic (exact) mass is 318 g/mol. The molecule has 0 unspecified atom stereocenters. The fourth-order valence-corrected chi connectivity index (χ4v) is 2.07. The van der Waals surface area contributed by atoms with Crippen LogP contribution in [0.1, 0.15) is 16.7 Å². The fourth-order valence-electron chi connectivity index (χ4n) is 2.07. The van der Waals surface area contributed by atoms with Crippen molar-refractivity contribution in [2.75, 3.05) is 0 Å². The molecule has 0 amide bonds. The molecule has 1 nitrogen and oxygen atoms in total. The maximum absolute atomic E-state index is 12.7. The maximum atomic E-state index is 12.7. The molecule has 0 spiro atoms. The van der Waals surface area contributed by atoms with Gasteiger partial charge in [-0.2, -0.15) is 0 Å². The third kappa shape index (κ3) is 5.45. The Morgan fingerprint density at radius 2 is 1.71 bits per heavy atom. The Morgan fingerprint density at radius 3 is 2.29 bits per heavy atom. The van der Waals surface area contributed by atoms with E-state index in [-0.39, 0.29) is 56.9 Å². The van der Waals surface area contributed by atoms with E-state index in [9.17, 15) is 12.9 Å². The second-order valence-corrected chi connectivity index (χ2v) is 4.87. The van der Waals surface area contributed by atoms with Gasteiger partial charge in [-0.1, -0.05) is 41.5 Å². The van der Waals surface area contributed by atoms with E-state index in [1.807, 2.05) is 31.2 Å². The molecule has 0 saturated heterocycles. The largest absolute Gasteiger partial charge is 1.00 e. The third-order valence-electron chi connectivity index (χ3n) is 3.08. The minimum atomic E-state index is -4.96. The second kappa shape index (κ2) is 7.83. The molecular formula is C15H15BF3KO. The van der Waals surface area contributed by atoms with Crippen LogP contribution in [0.4, 0.5) is 12.9 Å². The van der Waals surface area contributed by atoms with Crippen molar-refractivity contribution in [3.05, 3.63) is 59.2 Å². The van der Waals surface area contributed by atoms with Gasteiger partial charge in [-0.15, -0.1) is 5.46 Å². The van der Waals surface area contributed by atoms with Crippen molar-refractivity contribution in [3.8, 4) is 5.75 Å². The summed E-state index contributed by atoms with van der Waals surface area (Å²) in [4.78, 5) is 0. The number of rotatable bonds is 4. The van der Waals surface area contributed by atoms with Crippen molar-refractivity contribution in [1.29, 1.82) is 0 Å². The molecule has 0 radical (unpaired) electrons. The smallest absolute Gasteiger partial charge is 0.489 e. The summed E-state index contributed by atoms with van der Waals surface area (Å²) in [5.74, 6) is 0.452. The van der Waals surface area contributed by atoms with Crippen LogP contribution < -0.4 is 61.6 Å². The molecule has 6 heteroatoms. The molecular weight excluding hydrogens is 303 g/mol. The van der Waals surface area contributed by atoms with E-state index in [2.05, 4.69) is 0 Å². The van der Waals surface area contributed by atoms with Crippen molar-refractivity contribution in [2.45, 2.75) is 20.5 Å². The summed E-state index contributed by atoms with van der Waals surface area (Å²) in [6.45, 7) is -1.19. The van der Waals surface area contributed by atoms with Gasteiger partial charge in [0, 0.05) is 0 Å². The Morgan fingerprint density at radius 1 is 1.00 bits per heavy atom. The Balaban J connectivity index is 0.00000220. The molecule has 0 aliphatic rings. The normalized spacial score (nSPS) is 10.9. The first-order chi connectivity index (χ1) is 9.36. The van der Waals surface area contributed by atoms with Crippen LogP contribution in [0.15, 0.2) is 42.5 Å². The first kappa shape index (κ1) is 18.8. The zero-order valence-electron chi connectivity index (χ0n) is 12.4. The molecule has 0 aromatic heterocycles. The van der Waals surface area contributed by atoms with Crippen LogP contribution in [-0.4, -0.2) is 6.98 Å². The summed E-state index contributed by atoms with van der Waals surface area (Å²) in [5, 5.41) is 0. The molecule has 0 heterocycles. The van der Waals surface area contributed by atoms with Crippen LogP contribution in [0.5, 0.6) is 5.75 Å². The molecule has 0 saturated carbocycles. The van der Waals surface area contributed by atoms with Crippen LogP contribution in [0.2, 0.25) is 0 Å². The van der Waals surface area contributed by atoms with Crippen molar-refractivity contribution < 1.29 is 69.1 Å². The Hall–Kier alpha value is -0.269. The first-order valence-corrected chi connectivity index (χ1v) is 6.35. The minimum absolute atomic E-state index is 0. The Labute approximate surface area is 165 Å². The molecule has 0 atom stereocenters. The summed E-state index contributed by atoms with van der Waals surface area (Å²) in [5.41, 5.74) is 1.75. The van der Waals surface area contributed by atoms with Gasteiger partial charge >= 0.3 is 58.4 Å². The summed E-state index contributed by atoms with van der Waals surface area (Å²) in [6, 6.07) is 11.7. The second-order valence-electron chi connectivity index (χ2n) is 4.87. The van der Waals surface area contributed by atoms with Crippen LogP contribution >= 0.6 is 0 Å². The average Bonchev–Trinajstić information content (AvgIpc) is 2.35. The number of benzene rings is 2. The third-order valence-corrected chi connectivity index (χ3v) is 3.08. The Kier molecular flexibility index (Phi) is 7.00. The molecule has 21 heavy (non-hydrogen) atoms. The maximum Gasteiger partial charge on any atom is 1.00 e. The van der Waals surface area contributed by atoms with E-state index in [1.165, 1.54) is 19.1 Å². The summed E-state index contributed by atoms with van der Waals surface area (Å²) >= 11 is 0. The number of hydrogen-bond acceptors (Lipinski definition) is 1. The molecule has 0 fully saturated rings. The average molecular weight is 318 g/mol. The van der Waals surface area contributed by atoms with Gasteiger partial charge in [0.2, 0.25) is 0 Å². The van der Waals surface area contributed by atoms with Crippen LogP contribution in [0.25, 0.3) is 0 Å². The predicted octanol–water partition coefficient (Wildman–Crippen LogP) is 0.941. The van der Waals surface area contributed by atoms with Gasteiger partial charge in [-0.3, -0.25) is 0 Å². The van der Waals surface area contributed by atoms with E-state index in [4.69, 9.17) is 4.74 Å². The van der Waals surface area contributed by atoms with E-state index < -0.39 is 12.4 Å². The van der Waals surface area contributed by atoms with Gasteiger partial charge in [0.1, 0.15) is 12.4 Å². The van der Waals surface area contributed by atoms with Gasteiger partial charge in [0.25, 0.3) is 0 Å². The van der Waals surface area contributed by atoms with Crippen LogP contribution in [0.3, 0.4) is 0 Å². The summed E-state index contributed by atoms with van der Waals surface area (Å²) in [7, 11) is 0. The quantitative estimate of drug-likeness (QED) is 0.763. The molecule has 0 aliphatic heterocycles. The first-order valence-electron chi connectivity index (χ1n) is 6.35. The van der Waals surface area contributed by atoms with Crippen molar-refractivity contribution in [2.24, 2.45) is 0 Å². The molecule has 2 aromatic carbocycles. The van der Waals surface area contributed by atoms with E-state index in [0.29, 0.717) is 12.4 Å². The van der Waals surface area contributed by atoms with Crippen molar-refractivity contribution in [3.63, 3.8) is 0 Å². The zero-order valence-corrected chi connectivity index (χ0v) is 15.5.